The van der Waals surface area contributed by atoms with Gasteiger partial charge in [-0.05, 0) is 55.2 Å². The number of hydrogen-bond donors (Lipinski definition) is 1. The molecule has 0 saturated carbocycles. The normalized spacial score (nSPS) is 14.9. The van der Waals surface area contributed by atoms with Gasteiger partial charge in [0.1, 0.15) is 5.82 Å². The third kappa shape index (κ3) is 3.38. The number of nitrogens with one attached hydrogen (secondary N) is 1. The minimum atomic E-state index is -0.152. The largest absolute Gasteiger partial charge is 0.334 e. The zero-order valence-corrected chi connectivity index (χ0v) is 17.0. The fraction of sp³-hybridized carbons (Fsp3) is 0.292. The number of aromatic nitrogens is 2. The fourth-order valence-corrected chi connectivity index (χ4v) is 4.38. The summed E-state index contributed by atoms with van der Waals surface area (Å²) in [5, 5.41) is 3.00. The van der Waals surface area contributed by atoms with E-state index in [9.17, 15) is 9.59 Å². The predicted molar refractivity (Wildman–Crippen MR) is 117 cm³/mol. The van der Waals surface area contributed by atoms with Gasteiger partial charge in [0, 0.05) is 55.1 Å². The highest BCUT2D eigenvalue weighted by Gasteiger charge is 2.23. The number of rotatable bonds is 3. The molecule has 0 spiro atoms. The highest BCUT2D eigenvalue weighted by Crippen LogP contribution is 2.29. The van der Waals surface area contributed by atoms with Crippen LogP contribution in [0.5, 0.6) is 0 Å². The van der Waals surface area contributed by atoms with Gasteiger partial charge in [-0.15, -0.1) is 0 Å². The lowest BCUT2D eigenvalue weighted by atomic mass is 10.1. The number of nitrogens with zero attached hydrogens (tertiary/aromatic N) is 3. The summed E-state index contributed by atoms with van der Waals surface area (Å²) in [7, 11) is 0. The van der Waals surface area contributed by atoms with Crippen LogP contribution in [0.4, 0.5) is 11.4 Å². The van der Waals surface area contributed by atoms with Gasteiger partial charge in [-0.1, -0.05) is 12.1 Å². The Morgan fingerprint density at radius 2 is 1.93 bits per heavy atom. The average Bonchev–Trinajstić information content (AvgIpc) is 3.37. The van der Waals surface area contributed by atoms with Gasteiger partial charge in [0.05, 0.1) is 5.69 Å². The molecule has 5 rings (SSSR count). The number of amides is 2. The van der Waals surface area contributed by atoms with Gasteiger partial charge in [0.25, 0.3) is 5.91 Å². The number of fused-ring (bicyclic) bond motifs is 2. The maximum atomic E-state index is 12.8. The van der Waals surface area contributed by atoms with Crippen molar-refractivity contribution in [1.29, 1.82) is 0 Å². The van der Waals surface area contributed by atoms with Gasteiger partial charge in [-0.25, -0.2) is 4.98 Å². The van der Waals surface area contributed by atoms with E-state index in [1.54, 1.807) is 17.9 Å². The van der Waals surface area contributed by atoms with Crippen molar-refractivity contribution in [3.63, 3.8) is 0 Å². The van der Waals surface area contributed by atoms with Gasteiger partial charge >= 0.3 is 0 Å². The molecule has 0 atom stereocenters. The summed E-state index contributed by atoms with van der Waals surface area (Å²) in [6, 6.07) is 13.4. The van der Waals surface area contributed by atoms with Crippen LogP contribution in [0.25, 0.3) is 11.3 Å². The Morgan fingerprint density at radius 3 is 2.77 bits per heavy atom. The van der Waals surface area contributed by atoms with E-state index in [-0.39, 0.29) is 11.8 Å². The molecule has 2 amide bonds. The van der Waals surface area contributed by atoms with Crippen molar-refractivity contribution >= 4 is 23.2 Å². The van der Waals surface area contributed by atoms with E-state index in [4.69, 9.17) is 4.98 Å². The molecular formula is C24H24N4O2. The standard InChI is InChI=1S/C24H24N4O2/c1-16(29)28-12-10-18-13-19(8-9-22(18)28)24(30)25-20-6-4-5-17(14-20)21-15-27-11-3-2-7-23(27)26-21/h4-6,8-9,13-15H,2-3,7,10-12H2,1H3,(H,25,30). The molecule has 2 aromatic carbocycles. The van der Waals surface area contributed by atoms with Crippen LogP contribution in [-0.2, 0) is 24.2 Å². The Hall–Kier alpha value is -3.41. The first-order valence-electron chi connectivity index (χ1n) is 10.5. The van der Waals surface area contributed by atoms with Crippen LogP contribution in [0.3, 0.4) is 0 Å². The van der Waals surface area contributed by atoms with Crippen LogP contribution in [0.15, 0.2) is 48.7 Å². The van der Waals surface area contributed by atoms with Crippen molar-refractivity contribution in [3.8, 4) is 11.3 Å². The summed E-state index contributed by atoms with van der Waals surface area (Å²) in [5.74, 6) is 1.02. The van der Waals surface area contributed by atoms with E-state index in [2.05, 4.69) is 16.1 Å². The summed E-state index contributed by atoms with van der Waals surface area (Å²) in [5.41, 5.74) is 5.24. The molecule has 0 unspecified atom stereocenters. The minimum Gasteiger partial charge on any atom is -0.334 e. The molecule has 0 radical (unpaired) electrons. The molecule has 0 fully saturated rings. The molecule has 6 nitrogen and oxygen atoms in total. The third-order valence-corrected chi connectivity index (χ3v) is 5.94. The lowest BCUT2D eigenvalue weighted by Crippen LogP contribution is -2.25. The quantitative estimate of drug-likeness (QED) is 0.721. The maximum absolute atomic E-state index is 12.8. The van der Waals surface area contributed by atoms with Crippen molar-refractivity contribution in [2.24, 2.45) is 0 Å². The molecule has 6 heteroatoms. The van der Waals surface area contributed by atoms with Gasteiger partial charge < -0.3 is 14.8 Å². The topological polar surface area (TPSA) is 67.2 Å². The molecule has 30 heavy (non-hydrogen) atoms. The first-order chi connectivity index (χ1) is 14.6. The van der Waals surface area contributed by atoms with E-state index < -0.39 is 0 Å². The molecule has 2 aliphatic rings. The molecule has 0 bridgehead atoms. The van der Waals surface area contributed by atoms with Crippen molar-refractivity contribution in [1.82, 2.24) is 9.55 Å². The second kappa shape index (κ2) is 7.44. The highest BCUT2D eigenvalue weighted by molar-refractivity contribution is 6.05. The van der Waals surface area contributed by atoms with Crippen LogP contribution < -0.4 is 10.2 Å². The van der Waals surface area contributed by atoms with Gasteiger partial charge in [-0.3, -0.25) is 9.59 Å². The summed E-state index contributed by atoms with van der Waals surface area (Å²) in [6.45, 7) is 3.27. The number of carbonyl (C=O) groups is 2. The van der Waals surface area contributed by atoms with E-state index in [0.717, 1.165) is 53.4 Å². The zero-order valence-electron chi connectivity index (χ0n) is 17.0. The second-order valence-electron chi connectivity index (χ2n) is 7.99. The van der Waals surface area contributed by atoms with E-state index in [1.165, 1.54) is 12.8 Å². The minimum absolute atomic E-state index is 0.0312. The van der Waals surface area contributed by atoms with E-state index in [0.29, 0.717) is 12.1 Å². The molecule has 2 aliphatic heterocycles. The van der Waals surface area contributed by atoms with Gasteiger partial charge in [0.2, 0.25) is 5.91 Å². The number of imidazole rings is 1. The Bertz CT molecular complexity index is 1120. The molecule has 0 aliphatic carbocycles. The van der Waals surface area contributed by atoms with Gasteiger partial charge in [0.15, 0.2) is 0 Å². The van der Waals surface area contributed by atoms with Crippen molar-refractivity contribution < 1.29 is 9.59 Å². The summed E-state index contributed by atoms with van der Waals surface area (Å²) in [4.78, 5) is 31.1. The van der Waals surface area contributed by atoms with Crippen LogP contribution in [0.1, 0.15) is 41.5 Å². The molecular weight excluding hydrogens is 376 g/mol. The van der Waals surface area contributed by atoms with Crippen molar-refractivity contribution in [3.05, 3.63) is 65.6 Å². The smallest absolute Gasteiger partial charge is 0.255 e. The third-order valence-electron chi connectivity index (χ3n) is 5.94. The summed E-state index contributed by atoms with van der Waals surface area (Å²) in [6.07, 6.45) is 6.30. The lowest BCUT2D eigenvalue weighted by Gasteiger charge is -2.14. The Balaban J connectivity index is 1.35. The summed E-state index contributed by atoms with van der Waals surface area (Å²) >= 11 is 0. The zero-order chi connectivity index (χ0) is 20.7. The fourth-order valence-electron chi connectivity index (χ4n) is 4.38. The van der Waals surface area contributed by atoms with E-state index in [1.807, 2.05) is 36.4 Å². The molecule has 1 N–H and O–H groups in total. The second-order valence-corrected chi connectivity index (χ2v) is 7.99. The molecule has 0 saturated heterocycles. The molecule has 3 heterocycles. The number of benzene rings is 2. The molecule has 1 aromatic heterocycles. The Kier molecular flexibility index (Phi) is 4.62. The Labute approximate surface area is 175 Å². The number of aryl methyl sites for hydroxylation is 2. The van der Waals surface area contributed by atoms with Crippen LogP contribution >= 0.6 is 0 Å². The molecule has 3 aromatic rings. The maximum Gasteiger partial charge on any atom is 0.255 e. The van der Waals surface area contributed by atoms with Crippen molar-refractivity contribution in [2.75, 3.05) is 16.8 Å². The highest BCUT2D eigenvalue weighted by atomic mass is 16.2. The first-order valence-corrected chi connectivity index (χ1v) is 10.5. The number of hydrogen-bond acceptors (Lipinski definition) is 3. The van der Waals surface area contributed by atoms with Crippen LogP contribution in [-0.4, -0.2) is 27.9 Å². The van der Waals surface area contributed by atoms with E-state index >= 15 is 0 Å². The lowest BCUT2D eigenvalue weighted by molar-refractivity contribution is -0.116. The molecule has 152 valence electrons. The van der Waals surface area contributed by atoms with Crippen LogP contribution in [0, 0.1) is 0 Å². The average molecular weight is 400 g/mol. The van der Waals surface area contributed by atoms with Crippen LogP contribution in [0.2, 0.25) is 0 Å². The summed E-state index contributed by atoms with van der Waals surface area (Å²) < 4.78 is 2.24. The Morgan fingerprint density at radius 1 is 1.03 bits per heavy atom. The van der Waals surface area contributed by atoms with Gasteiger partial charge in [-0.2, -0.15) is 0 Å². The number of carbonyl (C=O) groups excluding carboxylic acids is 2. The number of anilines is 2. The van der Waals surface area contributed by atoms with Crippen molar-refractivity contribution in [2.45, 2.75) is 39.2 Å². The predicted octanol–water partition coefficient (Wildman–Crippen LogP) is 4.05. The SMILES string of the molecule is CC(=O)N1CCc2cc(C(=O)Nc3cccc(-c4cn5c(n4)CCCC5)c3)ccc21. The monoisotopic (exact) mass is 400 g/mol. The first kappa shape index (κ1) is 18.6.